The molecule has 0 bridgehead atoms. The lowest BCUT2D eigenvalue weighted by atomic mass is 10.1. The molecule has 1 aliphatic rings. The van der Waals surface area contributed by atoms with E-state index >= 15 is 0 Å². The van der Waals surface area contributed by atoms with Gasteiger partial charge in [0.05, 0.1) is 11.4 Å². The Morgan fingerprint density at radius 1 is 0.833 bits per heavy atom. The lowest BCUT2D eigenvalue weighted by Gasteiger charge is -2.36. The average molecular weight is 404 g/mol. The first kappa shape index (κ1) is 20.1. The molecule has 0 aliphatic carbocycles. The maximum absolute atomic E-state index is 13.2. The van der Waals surface area contributed by atoms with Crippen molar-refractivity contribution in [3.63, 3.8) is 0 Å². The zero-order chi connectivity index (χ0) is 21.4. The predicted octanol–water partition coefficient (Wildman–Crippen LogP) is 3.77. The zero-order valence-corrected chi connectivity index (χ0v) is 18.4. The molecule has 6 nitrogen and oxygen atoms in total. The lowest BCUT2D eigenvalue weighted by molar-refractivity contribution is 0.0739. The molecule has 0 N–H and O–H groups in total. The van der Waals surface area contributed by atoms with Gasteiger partial charge in [-0.05, 0) is 63.4 Å². The third-order valence-corrected chi connectivity index (χ3v) is 6.04. The number of aromatic nitrogens is 3. The van der Waals surface area contributed by atoms with Crippen molar-refractivity contribution < 1.29 is 4.79 Å². The number of anilines is 1. The number of hydrogen-bond acceptors (Lipinski definition) is 4. The van der Waals surface area contributed by atoms with Crippen LogP contribution in [0.25, 0.3) is 5.69 Å². The number of nitrogens with zero attached hydrogens (tertiary/aromatic N) is 5. The van der Waals surface area contributed by atoms with Crippen molar-refractivity contribution in [2.24, 2.45) is 0 Å². The second-order valence-corrected chi connectivity index (χ2v) is 8.21. The van der Waals surface area contributed by atoms with Crippen LogP contribution in [-0.2, 0) is 0 Å². The fourth-order valence-corrected chi connectivity index (χ4v) is 4.09. The molecule has 0 spiro atoms. The van der Waals surface area contributed by atoms with Crippen LogP contribution < -0.4 is 4.90 Å². The van der Waals surface area contributed by atoms with E-state index in [1.165, 1.54) is 22.4 Å². The molecular formula is C24H29N5O. The average Bonchev–Trinajstić information content (AvgIpc) is 3.11. The van der Waals surface area contributed by atoms with Crippen molar-refractivity contribution in [1.82, 2.24) is 19.9 Å². The van der Waals surface area contributed by atoms with E-state index in [0.29, 0.717) is 24.5 Å². The van der Waals surface area contributed by atoms with Gasteiger partial charge in [0, 0.05) is 31.9 Å². The van der Waals surface area contributed by atoms with Crippen molar-refractivity contribution in [1.29, 1.82) is 0 Å². The van der Waals surface area contributed by atoms with Crippen LogP contribution in [-0.4, -0.2) is 52.0 Å². The van der Waals surface area contributed by atoms with Gasteiger partial charge in [0.1, 0.15) is 0 Å². The van der Waals surface area contributed by atoms with Gasteiger partial charge in [0.15, 0.2) is 5.69 Å². The first-order valence-electron chi connectivity index (χ1n) is 10.5. The molecule has 6 heteroatoms. The number of aryl methyl sites for hydroxylation is 4. The van der Waals surface area contributed by atoms with Crippen molar-refractivity contribution in [3.05, 3.63) is 70.0 Å². The Hall–Kier alpha value is -3.15. The first-order chi connectivity index (χ1) is 14.3. The van der Waals surface area contributed by atoms with Crippen molar-refractivity contribution in [2.45, 2.75) is 34.6 Å². The molecule has 1 aliphatic heterocycles. The van der Waals surface area contributed by atoms with Gasteiger partial charge in [-0.15, -0.1) is 5.10 Å². The van der Waals surface area contributed by atoms with Crippen LogP contribution in [0, 0.1) is 34.6 Å². The van der Waals surface area contributed by atoms with E-state index in [-0.39, 0.29) is 5.91 Å². The van der Waals surface area contributed by atoms with E-state index in [2.05, 4.69) is 60.1 Å². The predicted molar refractivity (Wildman–Crippen MR) is 120 cm³/mol. The Morgan fingerprint density at radius 3 is 2.27 bits per heavy atom. The second kappa shape index (κ2) is 7.94. The molecule has 2 heterocycles. The molecule has 0 radical (unpaired) electrons. The van der Waals surface area contributed by atoms with Gasteiger partial charge in [0.25, 0.3) is 5.91 Å². The molecule has 3 aromatic rings. The molecule has 4 rings (SSSR count). The molecule has 1 fully saturated rings. The summed E-state index contributed by atoms with van der Waals surface area (Å²) in [5.74, 6) is -0.0378. The van der Waals surface area contributed by atoms with E-state index in [0.717, 1.165) is 24.3 Å². The summed E-state index contributed by atoms with van der Waals surface area (Å²) < 4.78 is 0. The minimum absolute atomic E-state index is 0.0378. The number of hydrogen-bond donors (Lipinski definition) is 0. The van der Waals surface area contributed by atoms with E-state index in [1.54, 1.807) is 4.80 Å². The molecule has 30 heavy (non-hydrogen) atoms. The maximum atomic E-state index is 13.2. The van der Waals surface area contributed by atoms with Crippen LogP contribution in [0.3, 0.4) is 0 Å². The quantitative estimate of drug-likeness (QED) is 0.668. The third-order valence-electron chi connectivity index (χ3n) is 6.04. The van der Waals surface area contributed by atoms with Gasteiger partial charge in [-0.3, -0.25) is 4.79 Å². The highest BCUT2D eigenvalue weighted by molar-refractivity contribution is 5.93. The summed E-state index contributed by atoms with van der Waals surface area (Å²) in [6.45, 7) is 13.3. The standard InChI is InChI=1S/C24H29N5O/c1-16-9-10-21(18(3)15-16)29-25-20(5)23(26-29)24(30)28-13-11-27(12-14-28)22-8-6-7-17(2)19(22)4/h6-10,15H,11-14H2,1-5H3. The molecule has 1 saturated heterocycles. The van der Waals surface area contributed by atoms with Crippen LogP contribution in [0.2, 0.25) is 0 Å². The largest absolute Gasteiger partial charge is 0.368 e. The minimum atomic E-state index is -0.0378. The SMILES string of the molecule is Cc1ccc(-n2nc(C)c(C(=O)N3CCN(c4cccc(C)c4C)CC3)n2)c(C)c1. The molecule has 156 valence electrons. The summed E-state index contributed by atoms with van der Waals surface area (Å²) in [4.78, 5) is 19.0. The van der Waals surface area contributed by atoms with Gasteiger partial charge in [-0.2, -0.15) is 9.90 Å². The topological polar surface area (TPSA) is 54.3 Å². The normalized spacial score (nSPS) is 14.3. The number of rotatable bonds is 3. The number of carbonyl (C=O) groups excluding carboxylic acids is 1. The Labute approximate surface area is 178 Å². The van der Waals surface area contributed by atoms with Crippen molar-refractivity contribution in [2.75, 3.05) is 31.1 Å². The molecule has 0 atom stereocenters. The molecule has 1 aromatic heterocycles. The van der Waals surface area contributed by atoms with E-state index in [4.69, 9.17) is 0 Å². The number of carbonyl (C=O) groups is 1. The van der Waals surface area contributed by atoms with Crippen molar-refractivity contribution in [3.8, 4) is 5.69 Å². The monoisotopic (exact) mass is 403 g/mol. The van der Waals surface area contributed by atoms with E-state index in [1.807, 2.05) is 30.9 Å². The smallest absolute Gasteiger partial charge is 0.276 e. The Kier molecular flexibility index (Phi) is 5.33. The van der Waals surface area contributed by atoms with Crippen LogP contribution >= 0.6 is 0 Å². The second-order valence-electron chi connectivity index (χ2n) is 8.21. The summed E-state index contributed by atoms with van der Waals surface area (Å²) in [5, 5.41) is 9.07. The molecule has 0 unspecified atom stereocenters. The molecule has 1 amide bonds. The minimum Gasteiger partial charge on any atom is -0.368 e. The summed E-state index contributed by atoms with van der Waals surface area (Å²) in [5.41, 5.74) is 8.16. The summed E-state index contributed by atoms with van der Waals surface area (Å²) in [7, 11) is 0. The first-order valence-corrected chi connectivity index (χ1v) is 10.5. The number of amides is 1. The zero-order valence-electron chi connectivity index (χ0n) is 18.4. The van der Waals surface area contributed by atoms with Gasteiger partial charge in [0.2, 0.25) is 0 Å². The Balaban J connectivity index is 1.50. The molecular weight excluding hydrogens is 374 g/mol. The highest BCUT2D eigenvalue weighted by Crippen LogP contribution is 2.24. The molecule has 0 saturated carbocycles. The summed E-state index contributed by atoms with van der Waals surface area (Å²) in [6.07, 6.45) is 0. The molecule has 2 aromatic carbocycles. The summed E-state index contributed by atoms with van der Waals surface area (Å²) in [6, 6.07) is 12.5. The lowest BCUT2D eigenvalue weighted by Crippen LogP contribution is -2.49. The fourth-order valence-electron chi connectivity index (χ4n) is 4.09. The van der Waals surface area contributed by atoms with Crippen molar-refractivity contribution >= 4 is 11.6 Å². The highest BCUT2D eigenvalue weighted by Gasteiger charge is 2.27. The number of benzene rings is 2. The fraction of sp³-hybridized carbons (Fsp3) is 0.375. The van der Waals surface area contributed by atoms with E-state index in [9.17, 15) is 4.79 Å². The van der Waals surface area contributed by atoms with Crippen LogP contribution in [0.1, 0.15) is 38.4 Å². The van der Waals surface area contributed by atoms with Crippen LogP contribution in [0.4, 0.5) is 5.69 Å². The Bertz CT molecular complexity index is 1090. The van der Waals surface area contributed by atoms with Crippen LogP contribution in [0.5, 0.6) is 0 Å². The van der Waals surface area contributed by atoms with Gasteiger partial charge < -0.3 is 9.80 Å². The van der Waals surface area contributed by atoms with Gasteiger partial charge in [-0.1, -0.05) is 29.8 Å². The Morgan fingerprint density at radius 2 is 1.57 bits per heavy atom. The third kappa shape index (κ3) is 3.70. The van der Waals surface area contributed by atoms with Crippen LogP contribution in [0.15, 0.2) is 36.4 Å². The van der Waals surface area contributed by atoms with E-state index < -0.39 is 0 Å². The van der Waals surface area contributed by atoms with Gasteiger partial charge >= 0.3 is 0 Å². The highest BCUT2D eigenvalue weighted by atomic mass is 16.2. The summed E-state index contributed by atoms with van der Waals surface area (Å²) >= 11 is 0. The number of piperazine rings is 1. The van der Waals surface area contributed by atoms with Gasteiger partial charge in [-0.25, -0.2) is 0 Å². The maximum Gasteiger partial charge on any atom is 0.276 e.